The van der Waals surface area contributed by atoms with Crippen LogP contribution in [-0.4, -0.2) is 13.1 Å². The van der Waals surface area contributed by atoms with E-state index in [9.17, 15) is 4.79 Å². The Kier molecular flexibility index (Phi) is 3.90. The molecule has 0 aliphatic rings. The molecule has 0 N–H and O–H groups in total. The van der Waals surface area contributed by atoms with E-state index in [0.29, 0.717) is 15.6 Å². The Morgan fingerprint density at radius 1 is 1.00 bits per heavy atom. The number of carbonyl (C=O) groups excluding carboxylic acids is 1. The lowest BCUT2D eigenvalue weighted by atomic mass is 10.00. The molecule has 0 atom stereocenters. The first kappa shape index (κ1) is 12.9. The minimum absolute atomic E-state index is 0.414. The molecule has 2 aromatic rings. The number of hydrogen-bond donors (Lipinski definition) is 0. The summed E-state index contributed by atoms with van der Waals surface area (Å²) in [6, 6.07) is 12.3. The van der Waals surface area contributed by atoms with Crippen molar-refractivity contribution < 1.29 is 9.53 Å². The molecule has 2 rings (SSSR count). The second kappa shape index (κ2) is 5.42. The van der Waals surface area contributed by atoms with Crippen LogP contribution < -0.4 is 0 Å². The number of halogens is 2. The quantitative estimate of drug-likeness (QED) is 0.760. The predicted molar refractivity (Wildman–Crippen MR) is 73.2 cm³/mol. The highest BCUT2D eigenvalue weighted by Gasteiger charge is 2.13. The van der Waals surface area contributed by atoms with Crippen LogP contribution in [0.25, 0.3) is 11.1 Å². The van der Waals surface area contributed by atoms with E-state index in [1.807, 2.05) is 12.1 Å². The Morgan fingerprint density at radius 2 is 1.61 bits per heavy atom. The largest absolute Gasteiger partial charge is 0.465 e. The molecule has 0 aromatic heterocycles. The molecule has 18 heavy (non-hydrogen) atoms. The van der Waals surface area contributed by atoms with Gasteiger partial charge in [-0.05, 0) is 35.4 Å². The molecule has 0 amide bonds. The fourth-order valence-electron chi connectivity index (χ4n) is 1.68. The van der Waals surface area contributed by atoms with E-state index in [-0.39, 0.29) is 0 Å². The van der Waals surface area contributed by atoms with Gasteiger partial charge in [0, 0.05) is 10.0 Å². The van der Waals surface area contributed by atoms with Crippen molar-refractivity contribution in [2.45, 2.75) is 0 Å². The third kappa shape index (κ3) is 2.66. The summed E-state index contributed by atoms with van der Waals surface area (Å²) in [5, 5.41) is 1.14. The number of carbonyl (C=O) groups is 1. The van der Waals surface area contributed by atoms with E-state index in [2.05, 4.69) is 0 Å². The van der Waals surface area contributed by atoms with E-state index >= 15 is 0 Å². The molecule has 2 aromatic carbocycles. The van der Waals surface area contributed by atoms with Gasteiger partial charge in [0.25, 0.3) is 0 Å². The van der Waals surface area contributed by atoms with Crippen molar-refractivity contribution in [2.24, 2.45) is 0 Å². The lowest BCUT2D eigenvalue weighted by molar-refractivity contribution is 0.0601. The van der Waals surface area contributed by atoms with Gasteiger partial charge in [0.05, 0.1) is 12.7 Å². The van der Waals surface area contributed by atoms with Gasteiger partial charge in [-0.25, -0.2) is 4.79 Å². The summed E-state index contributed by atoms with van der Waals surface area (Å²) in [4.78, 5) is 11.7. The van der Waals surface area contributed by atoms with Gasteiger partial charge in [0.2, 0.25) is 0 Å². The lowest BCUT2D eigenvalue weighted by Crippen LogP contribution is -2.03. The molecule has 0 radical (unpaired) electrons. The Morgan fingerprint density at radius 3 is 2.22 bits per heavy atom. The fourth-order valence-corrected chi connectivity index (χ4v) is 1.97. The summed E-state index contributed by atoms with van der Waals surface area (Å²) < 4.78 is 4.75. The van der Waals surface area contributed by atoms with E-state index in [0.717, 1.165) is 11.1 Å². The van der Waals surface area contributed by atoms with E-state index in [1.165, 1.54) is 7.11 Å². The molecule has 0 saturated carbocycles. The molecule has 0 heterocycles. The van der Waals surface area contributed by atoms with E-state index < -0.39 is 5.97 Å². The predicted octanol–water partition coefficient (Wildman–Crippen LogP) is 4.45. The molecular weight excluding hydrogens is 271 g/mol. The molecule has 0 aliphatic carbocycles. The second-order valence-electron chi connectivity index (χ2n) is 3.69. The number of ether oxygens (including phenoxy) is 1. The molecule has 0 saturated heterocycles. The third-order valence-corrected chi connectivity index (χ3v) is 3.03. The molecule has 0 aliphatic heterocycles. The van der Waals surface area contributed by atoms with E-state index in [1.54, 1.807) is 30.3 Å². The first-order valence-electron chi connectivity index (χ1n) is 5.25. The Bertz CT molecular complexity index is 577. The van der Waals surface area contributed by atoms with Crippen LogP contribution in [0.15, 0.2) is 42.5 Å². The topological polar surface area (TPSA) is 26.3 Å². The lowest BCUT2D eigenvalue weighted by Gasteiger charge is -2.08. The van der Waals surface area contributed by atoms with Crippen molar-refractivity contribution in [2.75, 3.05) is 7.11 Å². The van der Waals surface area contributed by atoms with Crippen LogP contribution in [0.1, 0.15) is 10.4 Å². The number of methoxy groups -OCH3 is 1. The summed E-state index contributed by atoms with van der Waals surface area (Å²) in [6.07, 6.45) is 0. The number of rotatable bonds is 2. The maximum atomic E-state index is 11.7. The standard InChI is InChI=1S/C14H10Cl2O2/c1-18-14(17)13-8-11(16)6-7-12(13)9-2-4-10(15)5-3-9/h2-8H,1H3. The maximum Gasteiger partial charge on any atom is 0.338 e. The smallest absolute Gasteiger partial charge is 0.338 e. The van der Waals surface area contributed by atoms with Crippen LogP contribution in [0.3, 0.4) is 0 Å². The molecule has 0 fully saturated rings. The zero-order valence-corrected chi connectivity index (χ0v) is 11.1. The monoisotopic (exact) mass is 280 g/mol. The van der Waals surface area contributed by atoms with Crippen LogP contribution in [0, 0.1) is 0 Å². The minimum Gasteiger partial charge on any atom is -0.465 e. The van der Waals surface area contributed by atoms with Crippen LogP contribution in [0.2, 0.25) is 10.0 Å². The van der Waals surface area contributed by atoms with Crippen molar-refractivity contribution in [3.05, 3.63) is 58.1 Å². The van der Waals surface area contributed by atoms with Crippen LogP contribution >= 0.6 is 23.2 Å². The van der Waals surface area contributed by atoms with Crippen molar-refractivity contribution >= 4 is 29.2 Å². The Labute approximate surface area is 115 Å². The van der Waals surface area contributed by atoms with Crippen molar-refractivity contribution in [1.82, 2.24) is 0 Å². The van der Waals surface area contributed by atoms with Crippen LogP contribution in [0.5, 0.6) is 0 Å². The first-order chi connectivity index (χ1) is 8.61. The highest BCUT2D eigenvalue weighted by Crippen LogP contribution is 2.28. The van der Waals surface area contributed by atoms with Gasteiger partial charge >= 0.3 is 5.97 Å². The van der Waals surface area contributed by atoms with Crippen LogP contribution in [0.4, 0.5) is 0 Å². The van der Waals surface area contributed by atoms with Gasteiger partial charge in [0.1, 0.15) is 0 Å². The minimum atomic E-state index is -0.414. The zero-order chi connectivity index (χ0) is 13.1. The second-order valence-corrected chi connectivity index (χ2v) is 4.56. The van der Waals surface area contributed by atoms with Gasteiger partial charge in [-0.2, -0.15) is 0 Å². The average molecular weight is 281 g/mol. The van der Waals surface area contributed by atoms with Crippen molar-refractivity contribution in [1.29, 1.82) is 0 Å². The van der Waals surface area contributed by atoms with Gasteiger partial charge < -0.3 is 4.74 Å². The highest BCUT2D eigenvalue weighted by atomic mass is 35.5. The highest BCUT2D eigenvalue weighted by molar-refractivity contribution is 6.31. The summed E-state index contributed by atoms with van der Waals surface area (Å²) in [6.45, 7) is 0. The van der Waals surface area contributed by atoms with Crippen molar-refractivity contribution in [3.8, 4) is 11.1 Å². The SMILES string of the molecule is COC(=O)c1cc(Cl)ccc1-c1ccc(Cl)cc1. The van der Waals surface area contributed by atoms with Gasteiger partial charge in [-0.15, -0.1) is 0 Å². The summed E-state index contributed by atoms with van der Waals surface area (Å²) in [7, 11) is 1.34. The third-order valence-electron chi connectivity index (χ3n) is 2.54. The maximum absolute atomic E-state index is 11.7. The van der Waals surface area contributed by atoms with Gasteiger partial charge in [-0.1, -0.05) is 41.4 Å². The van der Waals surface area contributed by atoms with Gasteiger partial charge in [-0.3, -0.25) is 0 Å². The normalized spacial score (nSPS) is 10.2. The number of esters is 1. The molecule has 92 valence electrons. The van der Waals surface area contributed by atoms with E-state index in [4.69, 9.17) is 27.9 Å². The molecular formula is C14H10Cl2O2. The van der Waals surface area contributed by atoms with Gasteiger partial charge in [0.15, 0.2) is 0 Å². The Balaban J connectivity index is 2.56. The fraction of sp³-hybridized carbons (Fsp3) is 0.0714. The summed E-state index contributed by atoms with van der Waals surface area (Å²) >= 11 is 11.7. The summed E-state index contributed by atoms with van der Waals surface area (Å²) in [5.41, 5.74) is 2.09. The molecule has 2 nitrogen and oxygen atoms in total. The molecule has 0 unspecified atom stereocenters. The van der Waals surface area contributed by atoms with Crippen LogP contribution in [-0.2, 0) is 4.74 Å². The average Bonchev–Trinajstić information content (AvgIpc) is 2.39. The number of benzene rings is 2. The summed E-state index contributed by atoms with van der Waals surface area (Å²) in [5.74, 6) is -0.414. The van der Waals surface area contributed by atoms with Crippen molar-refractivity contribution in [3.63, 3.8) is 0 Å². The molecule has 4 heteroatoms. The number of hydrogen-bond acceptors (Lipinski definition) is 2. The molecule has 0 bridgehead atoms. The molecule has 0 spiro atoms. The first-order valence-corrected chi connectivity index (χ1v) is 6.01. The Hall–Kier alpha value is -1.51. The zero-order valence-electron chi connectivity index (χ0n) is 9.61.